The van der Waals surface area contributed by atoms with Gasteiger partial charge in [-0.15, -0.1) is 10.2 Å². The van der Waals surface area contributed by atoms with Crippen molar-refractivity contribution < 1.29 is 119 Å². The number of fused-ring (bicyclic) bond motifs is 1. The predicted octanol–water partition coefficient (Wildman–Crippen LogP) is 2.48. The molecule has 1 aliphatic rings. The molecule has 0 aliphatic carbocycles. The molecule has 0 spiro atoms. The number of rotatable bonds is 74. The van der Waals surface area contributed by atoms with Gasteiger partial charge in [-0.1, -0.05) is 37.6 Å². The summed E-state index contributed by atoms with van der Waals surface area (Å²) in [5, 5.41) is 13.9. The molecule has 2 aromatic heterocycles. The molecule has 33 heteroatoms. The maximum absolute atomic E-state index is 12.5. The highest BCUT2D eigenvalue weighted by Gasteiger charge is 2.22. The zero-order valence-corrected chi connectivity index (χ0v) is 60.9. The molecular formula is C70H116N8O25. The van der Waals surface area contributed by atoms with E-state index >= 15 is 0 Å². The number of benzene rings is 1. The van der Waals surface area contributed by atoms with Crippen LogP contribution in [-0.2, 0) is 133 Å². The molecule has 1 aromatic carbocycles. The second kappa shape index (κ2) is 63.4. The summed E-state index contributed by atoms with van der Waals surface area (Å²) < 4.78 is 119. The molecule has 4 amide bonds. The lowest BCUT2D eigenvalue weighted by Gasteiger charge is -2.14. The smallest absolute Gasteiger partial charge is 0.260 e. The van der Waals surface area contributed by atoms with Gasteiger partial charge in [-0.05, 0) is 31.4 Å². The van der Waals surface area contributed by atoms with Crippen LogP contribution in [0, 0.1) is 0 Å². The number of aryl methyl sites for hydroxylation is 1. The Bertz CT molecular complexity index is 2650. The Morgan fingerprint density at radius 2 is 0.786 bits per heavy atom. The summed E-state index contributed by atoms with van der Waals surface area (Å²) in [4.78, 5) is 52.9. The molecule has 103 heavy (non-hydrogen) atoms. The highest BCUT2D eigenvalue weighted by Crippen LogP contribution is 2.30. The van der Waals surface area contributed by atoms with E-state index in [1.165, 1.54) is 0 Å². The third-order valence-corrected chi connectivity index (χ3v) is 14.0. The maximum atomic E-state index is 12.5. The first-order chi connectivity index (χ1) is 50.7. The molecule has 0 radical (unpaired) electrons. The van der Waals surface area contributed by atoms with Gasteiger partial charge in [0.25, 0.3) is 17.7 Å². The fourth-order valence-electron chi connectivity index (χ4n) is 8.77. The van der Waals surface area contributed by atoms with Crippen LogP contribution in [0.4, 0.5) is 5.82 Å². The second-order valence-corrected chi connectivity index (χ2v) is 22.5. The van der Waals surface area contributed by atoms with Crippen LogP contribution in [0.25, 0.3) is 11.0 Å². The van der Waals surface area contributed by atoms with E-state index in [4.69, 9.17) is 110 Å². The molecule has 586 valence electrons. The number of imidazole rings is 1. The van der Waals surface area contributed by atoms with Crippen molar-refractivity contribution in [1.29, 1.82) is 0 Å². The topological polar surface area (TPSA) is 359 Å². The van der Waals surface area contributed by atoms with Crippen molar-refractivity contribution in [3.8, 4) is 5.88 Å². The molecule has 4 N–H and O–H groups in total. The Balaban J connectivity index is 0.736. The van der Waals surface area contributed by atoms with Crippen LogP contribution in [0.5, 0.6) is 5.88 Å². The van der Waals surface area contributed by atoms with Crippen LogP contribution in [0.15, 0.2) is 48.7 Å². The Morgan fingerprint density at radius 1 is 0.456 bits per heavy atom. The molecule has 0 atom stereocenters. The normalized spacial score (nSPS) is 12.4. The summed E-state index contributed by atoms with van der Waals surface area (Å²) >= 11 is 0. The van der Waals surface area contributed by atoms with Gasteiger partial charge in [0.2, 0.25) is 11.8 Å². The molecule has 0 unspecified atom stereocenters. The lowest BCUT2D eigenvalue weighted by atomic mass is 10.1. The summed E-state index contributed by atoms with van der Waals surface area (Å²) in [6.07, 6.45) is 7.51. The predicted molar refractivity (Wildman–Crippen MR) is 376 cm³/mol. The number of aromatic nitrogens is 4. The van der Waals surface area contributed by atoms with Crippen LogP contribution in [0.2, 0.25) is 0 Å². The Kier molecular flexibility index (Phi) is 55.1. The average Bonchev–Trinajstić information content (AvgIpc) is 1.63. The molecule has 33 nitrogen and oxygen atoms in total. The van der Waals surface area contributed by atoms with E-state index in [0.29, 0.717) is 282 Å². The van der Waals surface area contributed by atoms with E-state index in [1.54, 1.807) is 0 Å². The van der Waals surface area contributed by atoms with Gasteiger partial charge in [0.05, 0.1) is 270 Å². The van der Waals surface area contributed by atoms with Crippen molar-refractivity contribution in [2.45, 2.75) is 65.6 Å². The first kappa shape index (κ1) is 89.5. The zero-order valence-electron chi connectivity index (χ0n) is 60.9. The fraction of sp³-hybridized carbons (Fsp3) is 0.729. The quantitative estimate of drug-likeness (QED) is 0.0415. The number of imide groups is 1. The standard InChI is InChI=1S/C70H116N8O25/c1-4-5-6-62-74-67-68(70(103-59(2)3)76-75-69(67)71)78(62)58-61-9-7-60(8-10-61)57-73-64(80)14-17-83-19-21-85-23-25-87-27-29-89-31-33-91-35-37-93-39-41-95-43-45-97-47-49-99-51-53-101-55-56-102-54-52-100-50-48-98-46-44-96-42-40-94-38-36-92-34-32-90-30-28-88-26-24-86-22-20-84-18-15-72-63(79)13-16-77-65(81)11-12-66(77)82/h7-13,16,59H,4-6,14-15,17-58H2,1-3H3,(H2,71,75)(H,72,79)(H,73,80). The first-order valence-electron chi connectivity index (χ1n) is 35.7. The van der Waals surface area contributed by atoms with Crippen molar-refractivity contribution in [2.75, 3.05) is 277 Å². The van der Waals surface area contributed by atoms with E-state index in [2.05, 4.69) is 44.5 Å². The highest BCUT2D eigenvalue weighted by molar-refractivity contribution is 6.14. The second-order valence-electron chi connectivity index (χ2n) is 22.5. The average molecular weight is 1470 g/mol. The monoisotopic (exact) mass is 1470 g/mol. The van der Waals surface area contributed by atoms with Gasteiger partial charge < -0.3 is 120 Å². The number of nitrogens with two attached hydrogens (primary N) is 1. The molecule has 0 saturated heterocycles. The van der Waals surface area contributed by atoms with Gasteiger partial charge in [0.15, 0.2) is 5.82 Å². The number of amides is 4. The van der Waals surface area contributed by atoms with Gasteiger partial charge in [-0.3, -0.25) is 24.1 Å². The molecule has 4 rings (SSSR count). The number of carbonyl (C=O) groups excluding carboxylic acids is 4. The van der Waals surface area contributed by atoms with Crippen molar-refractivity contribution in [1.82, 2.24) is 35.3 Å². The minimum Gasteiger partial charge on any atom is -0.472 e. The number of hydrogen-bond donors (Lipinski definition) is 3. The van der Waals surface area contributed by atoms with Crippen LogP contribution in [-0.4, -0.2) is 325 Å². The molecule has 0 bridgehead atoms. The van der Waals surface area contributed by atoms with Crippen LogP contribution < -0.4 is 21.1 Å². The Morgan fingerprint density at radius 3 is 1.13 bits per heavy atom. The molecular weight excluding hydrogens is 1350 g/mol. The number of ether oxygens (including phenoxy) is 21. The van der Waals surface area contributed by atoms with E-state index in [0.717, 1.165) is 71.1 Å². The van der Waals surface area contributed by atoms with Gasteiger partial charge in [-0.2, -0.15) is 0 Å². The number of nitrogen functional groups attached to an aromatic ring is 1. The summed E-state index contributed by atoms with van der Waals surface area (Å²) in [5.41, 5.74) is 9.61. The van der Waals surface area contributed by atoms with Crippen molar-refractivity contribution in [2.24, 2.45) is 0 Å². The van der Waals surface area contributed by atoms with Gasteiger partial charge in [0, 0.05) is 56.9 Å². The summed E-state index contributed by atoms with van der Waals surface area (Å²) in [6.45, 7) is 24.9. The minimum atomic E-state index is -0.490. The van der Waals surface area contributed by atoms with Gasteiger partial charge in [-0.25, -0.2) is 4.98 Å². The summed E-state index contributed by atoms with van der Waals surface area (Å²) in [5.74, 6) is 0.0988. The molecule has 0 saturated carbocycles. The van der Waals surface area contributed by atoms with Crippen LogP contribution >= 0.6 is 0 Å². The van der Waals surface area contributed by atoms with Crippen molar-refractivity contribution in [3.63, 3.8) is 0 Å². The van der Waals surface area contributed by atoms with E-state index in [9.17, 15) is 19.2 Å². The number of carbonyl (C=O) groups is 4. The largest absolute Gasteiger partial charge is 0.472 e. The third kappa shape index (κ3) is 47.3. The van der Waals surface area contributed by atoms with Crippen LogP contribution in [0.3, 0.4) is 0 Å². The lowest BCUT2D eigenvalue weighted by molar-refractivity contribution is -0.133. The zero-order chi connectivity index (χ0) is 73.4. The number of anilines is 1. The van der Waals surface area contributed by atoms with Crippen molar-refractivity contribution in [3.05, 3.63) is 65.6 Å². The first-order valence-corrected chi connectivity index (χ1v) is 35.7. The van der Waals surface area contributed by atoms with E-state index < -0.39 is 17.7 Å². The number of unbranched alkanes of at least 4 members (excludes halogenated alkanes) is 1. The molecule has 3 heterocycles. The highest BCUT2D eigenvalue weighted by atomic mass is 16.6. The lowest BCUT2D eigenvalue weighted by Crippen LogP contribution is -2.28. The minimum absolute atomic E-state index is 0.0873. The Labute approximate surface area is 606 Å². The maximum Gasteiger partial charge on any atom is 0.260 e. The SMILES string of the molecule is CCCCc1nc2c(N)nnc(OC(C)C)c2n1Cc1ccc(CNC(=O)CCOCCOCCOCCOCCOCCOCCOCCOCCOCCOCCOCCOCCOCCOCCOCCOCCOCCOCCOCCOCCNC(=O)C=CN2C(=O)C=CC2=O)cc1. The van der Waals surface area contributed by atoms with Gasteiger partial charge in [0.1, 0.15) is 16.9 Å². The van der Waals surface area contributed by atoms with Crippen molar-refractivity contribution >= 4 is 40.5 Å². The molecule has 0 fully saturated rings. The number of nitrogens with zero attached hydrogens (tertiary/aromatic N) is 5. The number of nitrogens with one attached hydrogen (secondary N) is 2. The Hall–Kier alpha value is -5.87. The third-order valence-electron chi connectivity index (χ3n) is 14.0. The van der Waals surface area contributed by atoms with E-state index in [-0.39, 0.29) is 37.4 Å². The fourth-order valence-corrected chi connectivity index (χ4v) is 8.77. The molecule has 1 aliphatic heterocycles. The summed E-state index contributed by atoms with van der Waals surface area (Å²) in [6, 6.07) is 8.13. The van der Waals surface area contributed by atoms with E-state index in [1.807, 2.05) is 26.0 Å². The summed E-state index contributed by atoms with van der Waals surface area (Å²) in [7, 11) is 0. The van der Waals surface area contributed by atoms with Crippen LogP contribution in [0.1, 0.15) is 57.0 Å². The number of hydrogen-bond acceptors (Lipinski definition) is 29. The molecule has 3 aromatic rings. The van der Waals surface area contributed by atoms with Gasteiger partial charge >= 0.3 is 0 Å².